The molecule has 0 unspecified atom stereocenters. The van der Waals surface area contributed by atoms with Crippen molar-refractivity contribution in [2.45, 2.75) is 37.8 Å². The highest BCUT2D eigenvalue weighted by Crippen LogP contribution is 2.40. The molecule has 3 saturated heterocycles. The Morgan fingerprint density at radius 1 is 1.19 bits per heavy atom. The zero-order valence-corrected chi connectivity index (χ0v) is 14.0. The third-order valence-corrected chi connectivity index (χ3v) is 5.34. The summed E-state index contributed by atoms with van der Waals surface area (Å²) in [6.07, 6.45) is 4.92. The van der Waals surface area contributed by atoms with Crippen LogP contribution in [0.3, 0.4) is 0 Å². The SMILES string of the molecule is Cl.Cl.NCC(=O)N1C[C@H]2C[C@@H](C1)[C@H](CO)N1CCCC[C@@H]21. The Labute approximate surface area is 139 Å². The molecule has 4 atom stereocenters. The molecule has 0 radical (unpaired) electrons. The summed E-state index contributed by atoms with van der Waals surface area (Å²) in [6, 6.07) is 0.811. The smallest absolute Gasteiger partial charge is 0.236 e. The van der Waals surface area contributed by atoms with E-state index in [1.54, 1.807) is 0 Å². The zero-order chi connectivity index (χ0) is 13.4. The number of hydrogen-bond donors (Lipinski definition) is 2. The van der Waals surface area contributed by atoms with Crippen LogP contribution >= 0.6 is 24.8 Å². The number of carbonyl (C=O) groups is 1. The predicted molar refractivity (Wildman–Crippen MR) is 86.9 cm³/mol. The Bertz CT molecular complexity index is 345. The average molecular weight is 340 g/mol. The first-order chi connectivity index (χ1) is 9.24. The molecule has 1 amide bonds. The molecular formula is C14H27Cl2N3O2. The van der Waals surface area contributed by atoms with Gasteiger partial charge in [0.1, 0.15) is 0 Å². The molecule has 21 heavy (non-hydrogen) atoms. The number of nitrogens with zero attached hydrogens (tertiary/aromatic N) is 2. The monoisotopic (exact) mass is 339 g/mol. The lowest BCUT2D eigenvalue weighted by Crippen LogP contribution is -2.65. The van der Waals surface area contributed by atoms with Crippen LogP contribution in [0.2, 0.25) is 0 Å². The Morgan fingerprint density at radius 2 is 1.90 bits per heavy atom. The molecule has 3 rings (SSSR count). The number of carbonyl (C=O) groups excluding carboxylic acids is 1. The van der Waals surface area contributed by atoms with Crippen LogP contribution in [-0.2, 0) is 4.79 Å². The number of piperidine rings is 3. The summed E-state index contributed by atoms with van der Waals surface area (Å²) >= 11 is 0. The van der Waals surface area contributed by atoms with Crippen molar-refractivity contribution < 1.29 is 9.90 Å². The van der Waals surface area contributed by atoms with Crippen LogP contribution in [-0.4, -0.2) is 65.7 Å². The number of amides is 1. The van der Waals surface area contributed by atoms with Crippen molar-refractivity contribution in [1.29, 1.82) is 0 Å². The number of likely N-dealkylation sites (tertiary alicyclic amines) is 1. The average Bonchev–Trinajstić information content (AvgIpc) is 2.47. The Kier molecular flexibility index (Phi) is 7.20. The van der Waals surface area contributed by atoms with Gasteiger partial charge in [0.25, 0.3) is 0 Å². The van der Waals surface area contributed by atoms with Crippen LogP contribution in [0, 0.1) is 11.8 Å². The van der Waals surface area contributed by atoms with Crippen molar-refractivity contribution in [3.63, 3.8) is 0 Å². The van der Waals surface area contributed by atoms with Gasteiger partial charge in [-0.15, -0.1) is 24.8 Å². The first-order valence-electron chi connectivity index (χ1n) is 7.59. The van der Waals surface area contributed by atoms with E-state index in [1.807, 2.05) is 4.90 Å². The topological polar surface area (TPSA) is 69.8 Å². The van der Waals surface area contributed by atoms with Crippen molar-refractivity contribution in [2.75, 3.05) is 32.8 Å². The zero-order valence-electron chi connectivity index (χ0n) is 12.3. The summed E-state index contributed by atoms with van der Waals surface area (Å²) in [5, 5.41) is 9.75. The van der Waals surface area contributed by atoms with E-state index in [2.05, 4.69) is 4.90 Å². The van der Waals surface area contributed by atoms with Crippen molar-refractivity contribution in [3.05, 3.63) is 0 Å². The first kappa shape index (κ1) is 19.0. The van der Waals surface area contributed by atoms with Gasteiger partial charge in [-0.05, 0) is 37.6 Å². The second-order valence-corrected chi connectivity index (χ2v) is 6.31. The van der Waals surface area contributed by atoms with Gasteiger partial charge in [0.05, 0.1) is 13.2 Å². The van der Waals surface area contributed by atoms with Gasteiger partial charge in [-0.2, -0.15) is 0 Å². The highest BCUT2D eigenvalue weighted by Gasteiger charge is 2.47. The highest BCUT2D eigenvalue weighted by atomic mass is 35.5. The lowest BCUT2D eigenvalue weighted by atomic mass is 9.72. The van der Waals surface area contributed by atoms with Gasteiger partial charge in [0, 0.05) is 25.2 Å². The standard InChI is InChI=1S/C14H25N3O2.2ClH/c15-6-14(19)16-7-10-5-11(8-16)13(9-18)17-4-2-1-3-12(10)17;;/h10-13,18H,1-9,15H2;2*1H/t10-,11+,12+,13+;;/m1../s1. The van der Waals surface area contributed by atoms with Gasteiger partial charge >= 0.3 is 0 Å². The maximum Gasteiger partial charge on any atom is 0.236 e. The highest BCUT2D eigenvalue weighted by molar-refractivity contribution is 5.85. The summed E-state index contributed by atoms with van der Waals surface area (Å²) in [5.74, 6) is 1.07. The third kappa shape index (κ3) is 3.48. The normalized spacial score (nSPS) is 35.2. The third-order valence-electron chi connectivity index (χ3n) is 5.34. The minimum absolute atomic E-state index is 0. The fourth-order valence-electron chi connectivity index (χ4n) is 4.49. The minimum Gasteiger partial charge on any atom is -0.395 e. The molecule has 3 aliphatic heterocycles. The molecule has 3 aliphatic rings. The minimum atomic E-state index is 0. The van der Waals surface area contributed by atoms with Crippen LogP contribution in [0.1, 0.15) is 25.7 Å². The molecule has 0 spiro atoms. The molecule has 0 saturated carbocycles. The Balaban J connectivity index is 0.00000110. The summed E-state index contributed by atoms with van der Waals surface area (Å²) < 4.78 is 0. The summed E-state index contributed by atoms with van der Waals surface area (Å²) in [7, 11) is 0. The Morgan fingerprint density at radius 3 is 2.57 bits per heavy atom. The van der Waals surface area contributed by atoms with Gasteiger partial charge in [0.15, 0.2) is 0 Å². The van der Waals surface area contributed by atoms with Crippen LogP contribution < -0.4 is 5.73 Å². The van der Waals surface area contributed by atoms with Crippen LogP contribution in [0.15, 0.2) is 0 Å². The molecule has 0 aromatic carbocycles. The quantitative estimate of drug-likeness (QED) is 0.767. The second kappa shape index (κ2) is 7.97. The summed E-state index contributed by atoms with van der Waals surface area (Å²) in [6.45, 7) is 3.09. The van der Waals surface area contributed by atoms with E-state index in [1.165, 1.54) is 25.7 Å². The van der Waals surface area contributed by atoms with Crippen molar-refractivity contribution >= 4 is 30.7 Å². The maximum atomic E-state index is 11.9. The molecule has 0 aliphatic carbocycles. The Hall–Kier alpha value is -0.0700. The molecule has 3 heterocycles. The van der Waals surface area contributed by atoms with Gasteiger partial charge in [0.2, 0.25) is 5.91 Å². The molecule has 2 bridgehead atoms. The largest absolute Gasteiger partial charge is 0.395 e. The van der Waals surface area contributed by atoms with Gasteiger partial charge in [-0.25, -0.2) is 0 Å². The van der Waals surface area contributed by atoms with Crippen LogP contribution in [0.4, 0.5) is 0 Å². The number of fused-ring (bicyclic) bond motifs is 4. The van der Waals surface area contributed by atoms with Gasteiger partial charge in [-0.3, -0.25) is 9.69 Å². The number of rotatable bonds is 2. The van der Waals surface area contributed by atoms with E-state index in [-0.39, 0.29) is 49.9 Å². The lowest BCUT2D eigenvalue weighted by molar-refractivity contribution is -0.140. The molecule has 7 heteroatoms. The number of halogens is 2. The fourth-order valence-corrected chi connectivity index (χ4v) is 4.49. The van der Waals surface area contributed by atoms with Crippen LogP contribution in [0.5, 0.6) is 0 Å². The molecule has 0 aromatic rings. The van der Waals surface area contributed by atoms with E-state index in [4.69, 9.17) is 5.73 Å². The maximum absolute atomic E-state index is 11.9. The number of aliphatic hydroxyl groups excluding tert-OH is 1. The van der Waals surface area contributed by atoms with Gasteiger partial charge < -0.3 is 15.7 Å². The van der Waals surface area contributed by atoms with Crippen molar-refractivity contribution in [1.82, 2.24) is 9.80 Å². The second-order valence-electron chi connectivity index (χ2n) is 6.31. The van der Waals surface area contributed by atoms with Crippen molar-refractivity contribution in [3.8, 4) is 0 Å². The molecule has 124 valence electrons. The molecule has 5 nitrogen and oxygen atoms in total. The molecule has 0 aromatic heterocycles. The predicted octanol–water partition coefficient (Wildman–Crippen LogP) is 0.482. The molecule has 3 fully saturated rings. The van der Waals surface area contributed by atoms with Crippen molar-refractivity contribution in [2.24, 2.45) is 17.6 Å². The fraction of sp³-hybridized carbons (Fsp3) is 0.929. The lowest BCUT2D eigenvalue weighted by Gasteiger charge is -2.56. The number of hydrogen-bond acceptors (Lipinski definition) is 4. The number of aliphatic hydroxyl groups is 1. The molecular weight excluding hydrogens is 313 g/mol. The first-order valence-corrected chi connectivity index (χ1v) is 7.59. The van der Waals surface area contributed by atoms with E-state index < -0.39 is 0 Å². The van der Waals surface area contributed by atoms with E-state index in [0.29, 0.717) is 17.9 Å². The molecule has 3 N–H and O–H groups in total. The van der Waals surface area contributed by atoms with E-state index in [9.17, 15) is 9.90 Å². The number of nitrogens with two attached hydrogens (primary N) is 1. The summed E-state index contributed by atoms with van der Waals surface area (Å²) in [5.41, 5.74) is 5.50. The van der Waals surface area contributed by atoms with E-state index in [0.717, 1.165) is 19.6 Å². The van der Waals surface area contributed by atoms with Crippen LogP contribution in [0.25, 0.3) is 0 Å². The van der Waals surface area contributed by atoms with Gasteiger partial charge in [-0.1, -0.05) is 6.42 Å². The van der Waals surface area contributed by atoms with E-state index >= 15 is 0 Å². The summed E-state index contributed by atoms with van der Waals surface area (Å²) in [4.78, 5) is 16.4.